The van der Waals surface area contributed by atoms with Crippen LogP contribution in [0.5, 0.6) is 5.75 Å². The lowest BCUT2D eigenvalue weighted by Crippen LogP contribution is -2.25. The number of carbonyl (C=O) groups excluding carboxylic acids is 2. The zero-order valence-electron chi connectivity index (χ0n) is 14.8. The van der Waals surface area contributed by atoms with Crippen LogP contribution in [0.25, 0.3) is 0 Å². The number of benzene rings is 2. The Balaban J connectivity index is 1.82. The van der Waals surface area contributed by atoms with Gasteiger partial charge in [0.2, 0.25) is 11.8 Å². The highest BCUT2D eigenvalue weighted by Crippen LogP contribution is 2.24. The van der Waals surface area contributed by atoms with Crippen molar-refractivity contribution in [2.24, 2.45) is 0 Å². The molecule has 2 N–H and O–H groups in total. The second-order valence-corrected chi connectivity index (χ2v) is 7.37. The standard InChI is InChI=1S/C19H21ClN2O3S/c1-12-16(20)5-4-6-17(12)22-19(24)13(2)26-11-18(23)21-14-7-9-15(25-3)10-8-14/h4-10,13H,11H2,1-3H3,(H,21,23)(H,22,24)/t13-/m1/s1. The number of hydrogen-bond acceptors (Lipinski definition) is 4. The van der Waals surface area contributed by atoms with Crippen molar-refractivity contribution < 1.29 is 14.3 Å². The van der Waals surface area contributed by atoms with Gasteiger partial charge in [-0.3, -0.25) is 9.59 Å². The summed E-state index contributed by atoms with van der Waals surface area (Å²) in [5, 5.41) is 5.86. The van der Waals surface area contributed by atoms with Gasteiger partial charge in [0.15, 0.2) is 0 Å². The fourth-order valence-electron chi connectivity index (χ4n) is 2.13. The van der Waals surface area contributed by atoms with Gasteiger partial charge in [0.1, 0.15) is 5.75 Å². The Morgan fingerprint density at radius 3 is 2.50 bits per heavy atom. The molecule has 0 unspecified atom stereocenters. The minimum Gasteiger partial charge on any atom is -0.497 e. The molecule has 7 heteroatoms. The Morgan fingerprint density at radius 1 is 1.15 bits per heavy atom. The molecule has 0 aliphatic heterocycles. The monoisotopic (exact) mass is 392 g/mol. The van der Waals surface area contributed by atoms with Crippen LogP contribution in [0.4, 0.5) is 11.4 Å². The molecule has 2 rings (SSSR count). The van der Waals surface area contributed by atoms with E-state index in [1.807, 2.05) is 6.92 Å². The maximum Gasteiger partial charge on any atom is 0.237 e. The van der Waals surface area contributed by atoms with Gasteiger partial charge in [-0.15, -0.1) is 11.8 Å². The lowest BCUT2D eigenvalue weighted by atomic mass is 10.2. The number of anilines is 2. The van der Waals surface area contributed by atoms with Crippen molar-refractivity contribution in [3.05, 3.63) is 53.1 Å². The lowest BCUT2D eigenvalue weighted by molar-refractivity contribution is -0.115. The first-order valence-corrected chi connectivity index (χ1v) is 9.45. The molecule has 0 saturated carbocycles. The number of rotatable bonds is 7. The third-order valence-electron chi connectivity index (χ3n) is 3.73. The highest BCUT2D eigenvalue weighted by molar-refractivity contribution is 8.01. The normalized spacial score (nSPS) is 11.5. The number of methoxy groups -OCH3 is 1. The lowest BCUT2D eigenvalue weighted by Gasteiger charge is -2.14. The van der Waals surface area contributed by atoms with E-state index in [1.54, 1.807) is 56.5 Å². The Kier molecular flexibility index (Phi) is 7.36. The summed E-state index contributed by atoms with van der Waals surface area (Å²) in [6.07, 6.45) is 0. The predicted octanol–water partition coefficient (Wildman–Crippen LogP) is 4.36. The molecule has 5 nitrogen and oxygen atoms in total. The molecule has 0 radical (unpaired) electrons. The van der Waals surface area contributed by atoms with Crippen molar-refractivity contribution in [2.45, 2.75) is 19.1 Å². The Bertz CT molecular complexity index is 781. The molecule has 0 heterocycles. The van der Waals surface area contributed by atoms with Gasteiger partial charge in [0, 0.05) is 16.4 Å². The topological polar surface area (TPSA) is 67.4 Å². The van der Waals surface area contributed by atoms with Crippen LogP contribution in [-0.2, 0) is 9.59 Å². The molecule has 2 aromatic rings. The van der Waals surface area contributed by atoms with Crippen molar-refractivity contribution in [3.8, 4) is 5.75 Å². The summed E-state index contributed by atoms with van der Waals surface area (Å²) in [6.45, 7) is 3.61. The predicted molar refractivity (Wildman–Crippen MR) is 108 cm³/mol. The van der Waals surface area contributed by atoms with Crippen molar-refractivity contribution in [1.82, 2.24) is 0 Å². The molecule has 138 valence electrons. The number of halogens is 1. The summed E-state index contributed by atoms with van der Waals surface area (Å²) in [7, 11) is 1.58. The minimum atomic E-state index is -0.380. The quantitative estimate of drug-likeness (QED) is 0.734. The summed E-state index contributed by atoms with van der Waals surface area (Å²) >= 11 is 7.33. The average molecular weight is 393 g/mol. The number of thioether (sulfide) groups is 1. The van der Waals surface area contributed by atoms with E-state index < -0.39 is 0 Å². The van der Waals surface area contributed by atoms with E-state index in [0.717, 1.165) is 11.3 Å². The van der Waals surface area contributed by atoms with Gasteiger partial charge in [-0.2, -0.15) is 0 Å². The van der Waals surface area contributed by atoms with Crippen LogP contribution in [0.2, 0.25) is 5.02 Å². The van der Waals surface area contributed by atoms with Gasteiger partial charge in [0.25, 0.3) is 0 Å². The first-order valence-electron chi connectivity index (χ1n) is 8.02. The van der Waals surface area contributed by atoms with Crippen molar-refractivity contribution in [2.75, 3.05) is 23.5 Å². The zero-order chi connectivity index (χ0) is 19.1. The summed E-state index contributed by atoms with van der Waals surface area (Å²) in [5.74, 6) is 0.560. The number of ether oxygens (including phenoxy) is 1. The van der Waals surface area contributed by atoms with Crippen LogP contribution < -0.4 is 15.4 Å². The fraction of sp³-hybridized carbons (Fsp3) is 0.263. The van der Waals surface area contributed by atoms with Gasteiger partial charge < -0.3 is 15.4 Å². The first-order chi connectivity index (χ1) is 12.4. The van der Waals surface area contributed by atoms with Crippen molar-refractivity contribution >= 4 is 46.6 Å². The maximum atomic E-state index is 12.3. The molecule has 0 spiro atoms. The summed E-state index contributed by atoms with van der Waals surface area (Å²) in [4.78, 5) is 24.3. The highest BCUT2D eigenvalue weighted by atomic mass is 35.5. The molecule has 2 aromatic carbocycles. The second-order valence-electron chi connectivity index (χ2n) is 5.63. The average Bonchev–Trinajstić information content (AvgIpc) is 2.64. The van der Waals surface area contributed by atoms with E-state index in [-0.39, 0.29) is 22.8 Å². The van der Waals surface area contributed by atoms with Gasteiger partial charge in [-0.1, -0.05) is 17.7 Å². The minimum absolute atomic E-state index is 0.168. The van der Waals surface area contributed by atoms with E-state index in [9.17, 15) is 9.59 Å². The van der Waals surface area contributed by atoms with Crippen molar-refractivity contribution in [3.63, 3.8) is 0 Å². The number of carbonyl (C=O) groups is 2. The largest absolute Gasteiger partial charge is 0.497 e. The van der Waals surface area contributed by atoms with Gasteiger partial charge in [-0.05, 0) is 55.8 Å². The number of amides is 2. The molecule has 1 atom stereocenters. The maximum absolute atomic E-state index is 12.3. The highest BCUT2D eigenvalue weighted by Gasteiger charge is 2.16. The van der Waals surface area contributed by atoms with E-state index >= 15 is 0 Å². The summed E-state index contributed by atoms with van der Waals surface area (Å²) in [5.41, 5.74) is 2.18. The molecular formula is C19H21ClN2O3S. The molecule has 26 heavy (non-hydrogen) atoms. The molecular weight excluding hydrogens is 372 g/mol. The second kappa shape index (κ2) is 9.50. The number of hydrogen-bond donors (Lipinski definition) is 2. The third-order valence-corrected chi connectivity index (χ3v) is 5.29. The Labute approximate surface area is 162 Å². The van der Waals surface area contributed by atoms with Crippen LogP contribution in [-0.4, -0.2) is 29.9 Å². The fourth-order valence-corrected chi connectivity index (χ4v) is 2.98. The van der Waals surface area contributed by atoms with Gasteiger partial charge in [0.05, 0.1) is 18.1 Å². The van der Waals surface area contributed by atoms with Gasteiger partial charge in [-0.25, -0.2) is 0 Å². The first kappa shape index (κ1) is 20.1. The zero-order valence-corrected chi connectivity index (χ0v) is 16.4. The molecule has 2 amide bonds. The summed E-state index contributed by atoms with van der Waals surface area (Å²) < 4.78 is 5.07. The Morgan fingerprint density at radius 2 is 1.85 bits per heavy atom. The van der Waals surface area contributed by atoms with Crippen LogP contribution >= 0.6 is 23.4 Å². The third kappa shape index (κ3) is 5.68. The molecule has 0 fully saturated rings. The van der Waals surface area contributed by atoms with E-state index in [0.29, 0.717) is 16.4 Å². The molecule has 0 saturated heterocycles. The van der Waals surface area contributed by atoms with E-state index in [2.05, 4.69) is 10.6 Å². The molecule has 0 bridgehead atoms. The smallest absolute Gasteiger partial charge is 0.237 e. The van der Waals surface area contributed by atoms with E-state index in [4.69, 9.17) is 16.3 Å². The van der Waals surface area contributed by atoms with E-state index in [1.165, 1.54) is 11.8 Å². The number of nitrogens with one attached hydrogen (secondary N) is 2. The van der Waals surface area contributed by atoms with Crippen LogP contribution in [0.1, 0.15) is 12.5 Å². The van der Waals surface area contributed by atoms with Crippen LogP contribution in [0.15, 0.2) is 42.5 Å². The Hall–Kier alpha value is -2.18. The molecule has 0 aliphatic carbocycles. The molecule has 0 aromatic heterocycles. The van der Waals surface area contributed by atoms with Crippen LogP contribution in [0, 0.1) is 6.92 Å². The van der Waals surface area contributed by atoms with Crippen molar-refractivity contribution in [1.29, 1.82) is 0 Å². The summed E-state index contributed by atoms with van der Waals surface area (Å²) in [6, 6.07) is 12.4. The SMILES string of the molecule is COc1ccc(NC(=O)CS[C@H](C)C(=O)Nc2cccc(Cl)c2C)cc1. The molecule has 0 aliphatic rings. The van der Waals surface area contributed by atoms with Crippen LogP contribution in [0.3, 0.4) is 0 Å². The van der Waals surface area contributed by atoms with Gasteiger partial charge >= 0.3 is 0 Å².